The molecule has 0 spiro atoms. The van der Waals surface area contributed by atoms with Crippen LogP contribution < -0.4 is 0 Å². The van der Waals surface area contributed by atoms with Gasteiger partial charge in [-0.25, -0.2) is 0 Å². The number of benzene rings is 17. The lowest BCUT2D eigenvalue weighted by Crippen LogP contribution is -1.94. The van der Waals surface area contributed by atoms with Gasteiger partial charge in [-0.15, -0.1) is 0 Å². The maximum atomic E-state index is 6.92. The fourth-order valence-electron chi connectivity index (χ4n) is 18.5. The zero-order chi connectivity index (χ0) is 71.6. The van der Waals surface area contributed by atoms with Crippen LogP contribution in [-0.4, -0.2) is 13.7 Å². The summed E-state index contributed by atoms with van der Waals surface area (Å²) in [6.07, 6.45) is 0. The third-order valence-corrected chi connectivity index (χ3v) is 23.4. The van der Waals surface area contributed by atoms with E-state index in [0.29, 0.717) is 0 Å². The van der Waals surface area contributed by atoms with Crippen molar-refractivity contribution < 1.29 is 22.1 Å². The lowest BCUT2D eigenvalue weighted by molar-refractivity contribution is 0.666. The summed E-state index contributed by atoms with van der Waals surface area (Å²) in [5.41, 5.74) is 29.6. The van der Waals surface area contributed by atoms with Gasteiger partial charge in [0, 0.05) is 97.6 Å². The van der Waals surface area contributed by atoms with Crippen LogP contribution in [0.5, 0.6) is 0 Å². The lowest BCUT2D eigenvalue weighted by atomic mass is 9.92. The molecule has 0 unspecified atom stereocenters. The van der Waals surface area contributed by atoms with Gasteiger partial charge in [-0.2, -0.15) is 0 Å². The summed E-state index contributed by atoms with van der Waals surface area (Å²) < 4.78 is 40.4. The maximum Gasteiger partial charge on any atom is 0.159 e. The van der Waals surface area contributed by atoms with Crippen LogP contribution >= 0.6 is 0 Å². The third-order valence-electron chi connectivity index (χ3n) is 23.4. The van der Waals surface area contributed by atoms with Crippen LogP contribution in [0, 0.1) is 0 Å². The molecular formula is C102H57N3O5. The highest BCUT2D eigenvalue weighted by Crippen LogP contribution is 2.49. The van der Waals surface area contributed by atoms with Crippen molar-refractivity contribution in [2.75, 3.05) is 0 Å². The van der Waals surface area contributed by atoms with Crippen LogP contribution in [0.15, 0.2) is 368 Å². The van der Waals surface area contributed by atoms with Gasteiger partial charge < -0.3 is 35.8 Å². The molecule has 0 N–H and O–H groups in total. The summed E-state index contributed by atoms with van der Waals surface area (Å²) in [6.45, 7) is 0. The first kappa shape index (κ1) is 59.4. The molecule has 0 aliphatic carbocycles. The van der Waals surface area contributed by atoms with E-state index in [9.17, 15) is 0 Å². The fraction of sp³-hybridized carbons (Fsp3) is 0. The molecule has 0 radical (unpaired) electrons. The predicted octanol–water partition coefficient (Wildman–Crippen LogP) is 28.8. The largest absolute Gasteiger partial charge is 0.456 e. The number of hydrogen-bond donors (Lipinski definition) is 0. The zero-order valence-electron chi connectivity index (χ0n) is 58.8. The molecule has 25 aromatic rings. The first-order valence-corrected chi connectivity index (χ1v) is 37.4. The molecular weight excluding hydrogens is 1350 g/mol. The Balaban J connectivity index is 0.559. The summed E-state index contributed by atoms with van der Waals surface area (Å²) in [4.78, 5) is 0. The van der Waals surface area contributed by atoms with Crippen molar-refractivity contribution in [1.82, 2.24) is 13.7 Å². The van der Waals surface area contributed by atoms with E-state index in [0.717, 1.165) is 221 Å². The van der Waals surface area contributed by atoms with Crippen molar-refractivity contribution >= 4 is 175 Å². The zero-order valence-corrected chi connectivity index (χ0v) is 58.8. The number of nitrogens with zero attached hydrogens (tertiary/aromatic N) is 3. The molecule has 8 aromatic heterocycles. The molecule has 8 nitrogen and oxygen atoms in total. The number of aromatic nitrogens is 3. The minimum Gasteiger partial charge on any atom is -0.456 e. The Morgan fingerprint density at radius 1 is 0.155 bits per heavy atom. The standard InChI is InChI=1S/C102H57N3O5/c1-2-16-58(17-3-1)65-51-66(53-67(52-65)61-19-14-18-60(50-61)63-36-45-91-79(55-63)101-94(108-91)48-42-84-97(101)73-22-5-10-27-81(73)104(84)69-39-46-89-78(57-69)70-20-7-12-30-87(70)106-89)59-32-37-68(38-33-59)103-80-26-9-4-21-72(80)96-83(103)41-47-93-100(96)76-40-34-64(56-95(76)109-93)62-35-44-90-77(54-62)71-25-15-29-86(102(71)110-90)105-82-28-11-6-23-74(82)98-85(105)43-49-92-99(98)75-24-8-13-31-88(75)107-92/h1-57H. The quantitative estimate of drug-likeness (QED) is 0.151. The summed E-state index contributed by atoms with van der Waals surface area (Å²) in [6, 6.07) is 125. The highest BCUT2D eigenvalue weighted by Gasteiger charge is 2.26. The monoisotopic (exact) mass is 1400 g/mol. The Hall–Kier alpha value is -14.9. The van der Waals surface area contributed by atoms with Gasteiger partial charge in [-0.1, -0.05) is 182 Å². The van der Waals surface area contributed by atoms with E-state index >= 15 is 0 Å². The topological polar surface area (TPSA) is 80.5 Å². The van der Waals surface area contributed by atoms with Crippen LogP contribution in [0.3, 0.4) is 0 Å². The second kappa shape index (κ2) is 22.4. The van der Waals surface area contributed by atoms with Gasteiger partial charge in [0.2, 0.25) is 0 Å². The molecule has 110 heavy (non-hydrogen) atoms. The second-order valence-corrected chi connectivity index (χ2v) is 29.3. The molecule has 8 heterocycles. The normalized spacial score (nSPS) is 12.4. The van der Waals surface area contributed by atoms with Crippen molar-refractivity contribution in [2.24, 2.45) is 0 Å². The van der Waals surface area contributed by atoms with Gasteiger partial charge in [0.25, 0.3) is 0 Å². The fourth-order valence-corrected chi connectivity index (χ4v) is 18.5. The maximum absolute atomic E-state index is 6.92. The number of rotatable bonds is 8. The van der Waals surface area contributed by atoms with Gasteiger partial charge >= 0.3 is 0 Å². The predicted molar refractivity (Wildman–Crippen MR) is 453 cm³/mol. The Morgan fingerprint density at radius 2 is 0.527 bits per heavy atom. The highest BCUT2D eigenvalue weighted by molar-refractivity contribution is 6.31. The average molecular weight is 1400 g/mol. The molecule has 0 saturated heterocycles. The summed E-state index contributed by atoms with van der Waals surface area (Å²) in [7, 11) is 0. The highest BCUT2D eigenvalue weighted by atomic mass is 16.3. The van der Waals surface area contributed by atoms with Gasteiger partial charge in [-0.05, 0) is 219 Å². The van der Waals surface area contributed by atoms with Gasteiger partial charge in [0.1, 0.15) is 50.2 Å². The first-order valence-electron chi connectivity index (χ1n) is 37.4. The SMILES string of the molecule is c1ccc(-c2cc(-c3ccc(-n4c5ccccc5c5c6c(ccc54)oc4cc(-c5ccc7oc8c(-n9c%10ccccc%10c%10c%11c(ccc%109)oc9ccccc9%11)cccc8c7c5)ccc46)cc3)cc(-c3cccc(-c4ccc5oc6ccc7c(c8ccccc8n7-c7ccc8oc9ccccc9c8c7)c6c5c4)c3)c2)cc1. The van der Waals surface area contributed by atoms with Crippen molar-refractivity contribution in [3.8, 4) is 72.7 Å². The second-order valence-electron chi connectivity index (χ2n) is 29.3. The average Bonchev–Trinajstić information content (AvgIpc) is 1.56. The Labute approximate surface area is 625 Å². The minimum atomic E-state index is 0.831. The molecule has 0 aliphatic heterocycles. The minimum absolute atomic E-state index is 0.831. The van der Waals surface area contributed by atoms with E-state index < -0.39 is 0 Å². The van der Waals surface area contributed by atoms with Crippen molar-refractivity contribution in [3.63, 3.8) is 0 Å². The van der Waals surface area contributed by atoms with Gasteiger partial charge in [-0.3, -0.25) is 0 Å². The van der Waals surface area contributed by atoms with E-state index in [1.165, 1.54) is 26.9 Å². The van der Waals surface area contributed by atoms with Crippen LogP contribution in [0.4, 0.5) is 0 Å². The molecule has 25 rings (SSSR count). The van der Waals surface area contributed by atoms with Crippen LogP contribution in [0.1, 0.15) is 0 Å². The molecule has 8 heteroatoms. The van der Waals surface area contributed by atoms with E-state index in [1.807, 2.05) is 24.3 Å². The molecule has 0 atom stereocenters. The van der Waals surface area contributed by atoms with Crippen molar-refractivity contribution in [3.05, 3.63) is 346 Å². The van der Waals surface area contributed by atoms with Crippen LogP contribution in [0.2, 0.25) is 0 Å². The summed E-state index contributed by atoms with van der Waals surface area (Å²) in [5, 5.41) is 17.9. The van der Waals surface area contributed by atoms with E-state index in [1.54, 1.807) is 0 Å². The number of furan rings is 5. The molecule has 0 saturated carbocycles. The van der Waals surface area contributed by atoms with Crippen LogP contribution in [-0.2, 0) is 0 Å². The molecule has 510 valence electrons. The third kappa shape index (κ3) is 8.49. The summed E-state index contributed by atoms with van der Waals surface area (Å²) in [5.74, 6) is 0. The summed E-state index contributed by atoms with van der Waals surface area (Å²) >= 11 is 0. The number of fused-ring (bicyclic) bond motifs is 27. The van der Waals surface area contributed by atoms with E-state index in [4.69, 9.17) is 22.1 Å². The van der Waals surface area contributed by atoms with Crippen molar-refractivity contribution in [2.45, 2.75) is 0 Å². The molecule has 0 bridgehead atoms. The Morgan fingerprint density at radius 3 is 1.19 bits per heavy atom. The number of para-hydroxylation sites is 6. The first-order chi connectivity index (χ1) is 54.5. The van der Waals surface area contributed by atoms with Gasteiger partial charge in [0.05, 0.1) is 38.8 Å². The van der Waals surface area contributed by atoms with Gasteiger partial charge in [0.15, 0.2) is 5.58 Å². The smallest absolute Gasteiger partial charge is 0.159 e. The number of hydrogen-bond acceptors (Lipinski definition) is 5. The molecule has 0 fully saturated rings. The molecule has 0 amide bonds. The van der Waals surface area contributed by atoms with E-state index in [-0.39, 0.29) is 0 Å². The van der Waals surface area contributed by atoms with E-state index in [2.05, 4.69) is 335 Å². The molecule has 0 aliphatic rings. The Bertz CT molecular complexity index is 8290. The lowest BCUT2D eigenvalue weighted by Gasteiger charge is -2.13. The Kier molecular flexibility index (Phi) is 12.1. The van der Waals surface area contributed by atoms with Crippen LogP contribution in [0.25, 0.3) is 248 Å². The van der Waals surface area contributed by atoms with Crippen molar-refractivity contribution in [1.29, 1.82) is 0 Å². The molecule has 17 aromatic carbocycles.